The quantitative estimate of drug-likeness (QED) is 0.327. The zero-order valence-corrected chi connectivity index (χ0v) is 23.6. The number of hydrogen-bond acceptors (Lipinski definition) is 0. The van der Waals surface area contributed by atoms with Gasteiger partial charge in [0.05, 0.1) is 0 Å². The molecule has 0 unspecified atom stereocenters. The minimum Gasteiger partial charge on any atom is -0.0799 e. The maximum atomic E-state index is 2.46. The Morgan fingerprint density at radius 1 is 0.344 bits per heavy atom. The summed E-state index contributed by atoms with van der Waals surface area (Å²) in [6, 6.07) is 0. The lowest BCUT2D eigenvalue weighted by atomic mass is 9.87. The van der Waals surface area contributed by atoms with Crippen LogP contribution in [-0.4, -0.2) is 0 Å². The normalized spacial score (nSPS) is 20.0. The number of allylic oxidation sites excluding steroid dienone is 6. The topological polar surface area (TPSA) is 0 Å². The SMILES string of the molecule is CC(C)(C)C=C1CCCC1.CC(C)(C)C=C1CCCCC1.CC(C)(C)C=C1CCCCC1. The van der Waals surface area contributed by atoms with Gasteiger partial charge in [-0.15, -0.1) is 0 Å². The molecule has 0 nitrogen and oxygen atoms in total. The van der Waals surface area contributed by atoms with Crippen LogP contribution in [-0.2, 0) is 0 Å². The van der Waals surface area contributed by atoms with E-state index >= 15 is 0 Å². The maximum absolute atomic E-state index is 2.46. The lowest BCUT2D eigenvalue weighted by Crippen LogP contribution is -2.03. The Morgan fingerprint density at radius 3 is 0.719 bits per heavy atom. The Kier molecular flexibility index (Phi) is 12.6. The molecular formula is C32H58. The smallest absolute Gasteiger partial charge is 0.0200 e. The zero-order chi connectivity index (χ0) is 24.3. The van der Waals surface area contributed by atoms with E-state index in [1.54, 1.807) is 16.7 Å². The summed E-state index contributed by atoms with van der Waals surface area (Å²) in [6.45, 7) is 20.5. The molecule has 3 aliphatic rings. The molecule has 3 aliphatic carbocycles. The molecule has 32 heavy (non-hydrogen) atoms. The molecule has 3 rings (SSSR count). The van der Waals surface area contributed by atoms with Crippen molar-refractivity contribution in [2.45, 2.75) is 152 Å². The molecule has 0 aromatic carbocycles. The summed E-state index contributed by atoms with van der Waals surface area (Å²) in [6.07, 6.45) is 26.9. The molecule has 0 spiro atoms. The number of rotatable bonds is 0. The Hall–Kier alpha value is -0.780. The van der Waals surface area contributed by atoms with Gasteiger partial charge in [-0.3, -0.25) is 0 Å². The van der Waals surface area contributed by atoms with Gasteiger partial charge in [0.15, 0.2) is 0 Å². The minimum absolute atomic E-state index is 0.396. The first-order chi connectivity index (χ1) is 14.7. The van der Waals surface area contributed by atoms with Crippen molar-refractivity contribution >= 4 is 0 Å². The fraction of sp³-hybridized carbons (Fsp3) is 0.812. The van der Waals surface area contributed by atoms with Gasteiger partial charge in [0.2, 0.25) is 0 Å². The molecular weight excluding hydrogens is 384 g/mol. The lowest BCUT2D eigenvalue weighted by Gasteiger charge is -2.19. The van der Waals surface area contributed by atoms with Gasteiger partial charge >= 0.3 is 0 Å². The molecule has 3 saturated carbocycles. The van der Waals surface area contributed by atoms with Crippen molar-refractivity contribution in [2.24, 2.45) is 16.2 Å². The summed E-state index contributed by atoms with van der Waals surface area (Å²) < 4.78 is 0. The fourth-order valence-electron chi connectivity index (χ4n) is 5.11. The molecule has 0 atom stereocenters. The largest absolute Gasteiger partial charge is 0.0799 e. The number of hydrogen-bond donors (Lipinski definition) is 0. The Bertz CT molecular complexity index is 542. The summed E-state index contributed by atoms with van der Waals surface area (Å²) >= 11 is 0. The zero-order valence-electron chi connectivity index (χ0n) is 23.6. The standard InChI is InChI=1S/2C11H20.C10H18/c2*1-11(2,3)9-10-7-5-4-6-8-10;1-10(2,3)8-9-6-4-5-7-9/h2*9H,4-8H2,1-3H3;8H,4-7H2,1-3H3. The van der Waals surface area contributed by atoms with Gasteiger partial charge in [-0.1, -0.05) is 110 Å². The van der Waals surface area contributed by atoms with Crippen molar-refractivity contribution in [2.75, 3.05) is 0 Å². The third kappa shape index (κ3) is 16.8. The van der Waals surface area contributed by atoms with Crippen molar-refractivity contribution < 1.29 is 0 Å². The predicted octanol–water partition coefficient (Wildman–Crippen LogP) is 11.4. The second-order valence-corrected chi connectivity index (χ2v) is 13.8. The van der Waals surface area contributed by atoms with Crippen LogP contribution in [0.15, 0.2) is 34.9 Å². The van der Waals surface area contributed by atoms with E-state index in [2.05, 4.69) is 80.5 Å². The predicted molar refractivity (Wildman–Crippen MR) is 147 cm³/mol. The van der Waals surface area contributed by atoms with Gasteiger partial charge in [0.25, 0.3) is 0 Å². The second-order valence-electron chi connectivity index (χ2n) is 13.8. The molecule has 186 valence electrons. The molecule has 0 aromatic heterocycles. The van der Waals surface area contributed by atoms with Crippen molar-refractivity contribution in [3.63, 3.8) is 0 Å². The molecule has 0 heteroatoms. The molecule has 3 fully saturated rings. The van der Waals surface area contributed by atoms with Gasteiger partial charge in [-0.05, 0) is 93.3 Å². The summed E-state index contributed by atoms with van der Waals surface area (Å²) in [5.74, 6) is 0. The van der Waals surface area contributed by atoms with E-state index in [1.165, 1.54) is 89.9 Å². The molecule has 0 amide bonds. The first-order valence-corrected chi connectivity index (χ1v) is 13.9. The van der Waals surface area contributed by atoms with Crippen LogP contribution in [0.5, 0.6) is 0 Å². The summed E-state index contributed by atoms with van der Waals surface area (Å²) in [5, 5.41) is 0. The van der Waals surface area contributed by atoms with Crippen molar-refractivity contribution in [1.82, 2.24) is 0 Å². The first-order valence-electron chi connectivity index (χ1n) is 13.9. The first kappa shape index (κ1) is 29.3. The summed E-state index contributed by atoms with van der Waals surface area (Å²) in [7, 11) is 0. The Balaban J connectivity index is 0.000000240. The van der Waals surface area contributed by atoms with Gasteiger partial charge in [-0.25, -0.2) is 0 Å². The second kappa shape index (κ2) is 13.8. The Morgan fingerprint density at radius 2 is 0.531 bits per heavy atom. The highest BCUT2D eigenvalue weighted by Gasteiger charge is 2.13. The van der Waals surface area contributed by atoms with E-state index in [0.717, 1.165) is 0 Å². The van der Waals surface area contributed by atoms with Crippen LogP contribution in [0.25, 0.3) is 0 Å². The van der Waals surface area contributed by atoms with E-state index in [1.807, 2.05) is 0 Å². The average molecular weight is 443 g/mol. The summed E-state index contributed by atoms with van der Waals surface area (Å²) in [5.41, 5.74) is 6.28. The van der Waals surface area contributed by atoms with E-state index in [0.29, 0.717) is 16.2 Å². The van der Waals surface area contributed by atoms with Gasteiger partial charge in [0, 0.05) is 0 Å². The van der Waals surface area contributed by atoms with Crippen LogP contribution in [0.1, 0.15) is 152 Å². The van der Waals surface area contributed by atoms with Crippen LogP contribution in [0.4, 0.5) is 0 Å². The molecule has 0 heterocycles. The molecule has 0 saturated heterocycles. The molecule has 0 N–H and O–H groups in total. The van der Waals surface area contributed by atoms with Crippen LogP contribution < -0.4 is 0 Å². The highest BCUT2D eigenvalue weighted by atomic mass is 14.2. The van der Waals surface area contributed by atoms with E-state index in [-0.39, 0.29) is 0 Å². The van der Waals surface area contributed by atoms with Crippen LogP contribution in [0, 0.1) is 16.2 Å². The molecule has 0 aromatic rings. The summed E-state index contributed by atoms with van der Waals surface area (Å²) in [4.78, 5) is 0. The highest BCUT2D eigenvalue weighted by Crippen LogP contribution is 2.30. The van der Waals surface area contributed by atoms with Crippen LogP contribution in [0.3, 0.4) is 0 Å². The lowest BCUT2D eigenvalue weighted by molar-refractivity contribution is 0.517. The molecule has 0 aliphatic heterocycles. The van der Waals surface area contributed by atoms with Crippen molar-refractivity contribution in [3.05, 3.63) is 34.9 Å². The van der Waals surface area contributed by atoms with E-state index in [4.69, 9.17) is 0 Å². The average Bonchev–Trinajstić information content (AvgIpc) is 3.13. The van der Waals surface area contributed by atoms with E-state index in [9.17, 15) is 0 Å². The third-order valence-corrected chi connectivity index (χ3v) is 6.15. The van der Waals surface area contributed by atoms with Gasteiger partial charge in [0.1, 0.15) is 0 Å². The molecule has 0 radical (unpaired) electrons. The molecule has 0 bridgehead atoms. The maximum Gasteiger partial charge on any atom is -0.0200 e. The van der Waals surface area contributed by atoms with Crippen LogP contribution >= 0.6 is 0 Å². The van der Waals surface area contributed by atoms with Gasteiger partial charge in [-0.2, -0.15) is 0 Å². The monoisotopic (exact) mass is 442 g/mol. The van der Waals surface area contributed by atoms with E-state index < -0.39 is 0 Å². The highest BCUT2D eigenvalue weighted by molar-refractivity contribution is 5.10. The van der Waals surface area contributed by atoms with Crippen LogP contribution in [0.2, 0.25) is 0 Å². The van der Waals surface area contributed by atoms with Gasteiger partial charge < -0.3 is 0 Å². The van der Waals surface area contributed by atoms with Crippen molar-refractivity contribution in [1.29, 1.82) is 0 Å². The minimum atomic E-state index is 0.396. The third-order valence-electron chi connectivity index (χ3n) is 6.15. The van der Waals surface area contributed by atoms with Crippen molar-refractivity contribution in [3.8, 4) is 0 Å². The Labute approximate surface area is 203 Å². The fourth-order valence-corrected chi connectivity index (χ4v) is 5.11.